The minimum atomic E-state index is -1.29. The van der Waals surface area contributed by atoms with E-state index in [0.717, 1.165) is 4.90 Å². The molecule has 1 aliphatic rings. The molecular formula is C14H15N3O5. The highest BCUT2D eigenvalue weighted by Gasteiger charge is 2.48. The van der Waals surface area contributed by atoms with Gasteiger partial charge in [0.25, 0.3) is 11.6 Å². The van der Waals surface area contributed by atoms with Crippen LogP contribution in [0.2, 0.25) is 0 Å². The van der Waals surface area contributed by atoms with Crippen LogP contribution in [0.1, 0.15) is 25.8 Å². The van der Waals surface area contributed by atoms with E-state index in [4.69, 9.17) is 0 Å². The first-order chi connectivity index (χ1) is 10.3. The molecule has 0 spiro atoms. The van der Waals surface area contributed by atoms with Gasteiger partial charge in [-0.15, -0.1) is 0 Å². The number of nitro groups is 1. The third-order valence-electron chi connectivity index (χ3n) is 3.62. The largest absolute Gasteiger partial charge is 0.325 e. The van der Waals surface area contributed by atoms with Gasteiger partial charge in [0.05, 0.1) is 4.92 Å². The zero-order valence-corrected chi connectivity index (χ0v) is 12.2. The van der Waals surface area contributed by atoms with Gasteiger partial charge in [-0.25, -0.2) is 4.79 Å². The van der Waals surface area contributed by atoms with Crippen molar-refractivity contribution in [1.82, 2.24) is 10.2 Å². The number of hydrogen-bond donors (Lipinski definition) is 1. The Morgan fingerprint density at radius 3 is 2.41 bits per heavy atom. The number of rotatable bonds is 5. The average Bonchev–Trinajstić information content (AvgIpc) is 2.68. The fourth-order valence-corrected chi connectivity index (χ4v) is 2.28. The van der Waals surface area contributed by atoms with E-state index in [1.54, 1.807) is 0 Å². The Bertz CT molecular complexity index is 655. The molecule has 0 aliphatic carbocycles. The molecule has 0 radical (unpaired) electrons. The second-order valence-corrected chi connectivity index (χ2v) is 5.27. The first-order valence-corrected chi connectivity index (χ1v) is 6.64. The van der Waals surface area contributed by atoms with Crippen LogP contribution in [0.4, 0.5) is 10.5 Å². The predicted molar refractivity (Wildman–Crippen MR) is 76.0 cm³/mol. The van der Waals surface area contributed by atoms with Gasteiger partial charge in [-0.2, -0.15) is 0 Å². The van der Waals surface area contributed by atoms with Gasteiger partial charge in [0.15, 0.2) is 0 Å². The summed E-state index contributed by atoms with van der Waals surface area (Å²) < 4.78 is 0. The van der Waals surface area contributed by atoms with E-state index in [9.17, 15) is 24.5 Å². The second-order valence-electron chi connectivity index (χ2n) is 5.27. The fourth-order valence-electron chi connectivity index (χ4n) is 2.28. The molecule has 1 aliphatic heterocycles. The van der Waals surface area contributed by atoms with Crippen molar-refractivity contribution in [1.29, 1.82) is 0 Å². The van der Waals surface area contributed by atoms with Gasteiger partial charge < -0.3 is 5.32 Å². The molecular weight excluding hydrogens is 290 g/mol. The summed E-state index contributed by atoms with van der Waals surface area (Å²) >= 11 is 0. The number of amides is 3. The number of non-ortho nitro benzene ring substituents is 1. The Hall–Kier alpha value is -2.77. The smallest absolute Gasteiger partial charge is 0.319 e. The molecule has 1 N–H and O–H groups in total. The van der Waals surface area contributed by atoms with E-state index in [-0.39, 0.29) is 24.4 Å². The molecule has 1 aromatic rings. The van der Waals surface area contributed by atoms with Crippen molar-refractivity contribution < 1.29 is 19.3 Å². The quantitative estimate of drug-likeness (QED) is 0.501. The van der Waals surface area contributed by atoms with Gasteiger partial charge in [-0.1, -0.05) is 0 Å². The highest BCUT2D eigenvalue weighted by molar-refractivity contribution is 6.07. The zero-order chi connectivity index (χ0) is 16.5. The molecule has 1 atom stereocenters. The first kappa shape index (κ1) is 15.6. The zero-order valence-electron chi connectivity index (χ0n) is 12.2. The maximum atomic E-state index is 12.5. The van der Waals surface area contributed by atoms with Crippen molar-refractivity contribution in [3.63, 3.8) is 0 Å². The minimum absolute atomic E-state index is 0.0164. The van der Waals surface area contributed by atoms with Crippen molar-refractivity contribution in [2.45, 2.75) is 25.8 Å². The number of nitrogens with zero attached hydrogens (tertiary/aromatic N) is 2. The van der Waals surface area contributed by atoms with Crippen molar-refractivity contribution in [3.05, 3.63) is 39.9 Å². The van der Waals surface area contributed by atoms with Gasteiger partial charge in [0.2, 0.25) is 0 Å². The van der Waals surface area contributed by atoms with Crippen LogP contribution in [0.15, 0.2) is 24.3 Å². The molecule has 2 rings (SSSR count). The molecule has 0 saturated carbocycles. The number of urea groups is 1. The van der Waals surface area contributed by atoms with Crippen LogP contribution in [0.3, 0.4) is 0 Å². The lowest BCUT2D eigenvalue weighted by atomic mass is 9.92. The number of carbonyl (C=O) groups excluding carboxylic acids is 3. The lowest BCUT2D eigenvalue weighted by molar-refractivity contribution is -0.384. The standard InChI is InChI=1S/C14H15N3O5/c1-9(18)7-8-16-12(19)14(2,15-13(16)20)10-3-5-11(6-4-10)17(21)22/h3-6H,7-8H2,1-2H3,(H,15,20)/t14-/m1/s1. The van der Waals surface area contributed by atoms with E-state index in [0.29, 0.717) is 5.56 Å². The lowest BCUT2D eigenvalue weighted by Gasteiger charge is -2.22. The number of nitro benzene ring substituents is 1. The SMILES string of the molecule is CC(=O)CCN1C(=O)N[C@](C)(c2ccc([N+](=O)[O-])cc2)C1=O. The maximum absolute atomic E-state index is 12.5. The van der Waals surface area contributed by atoms with Crippen LogP contribution in [0.25, 0.3) is 0 Å². The van der Waals surface area contributed by atoms with Gasteiger partial charge >= 0.3 is 6.03 Å². The molecule has 8 nitrogen and oxygen atoms in total. The van der Waals surface area contributed by atoms with E-state index >= 15 is 0 Å². The van der Waals surface area contributed by atoms with Crippen molar-refractivity contribution in [2.75, 3.05) is 6.54 Å². The molecule has 1 aromatic carbocycles. The van der Waals surface area contributed by atoms with E-state index < -0.39 is 22.4 Å². The van der Waals surface area contributed by atoms with Gasteiger partial charge in [0, 0.05) is 25.1 Å². The highest BCUT2D eigenvalue weighted by Crippen LogP contribution is 2.30. The third-order valence-corrected chi connectivity index (χ3v) is 3.62. The molecule has 0 unspecified atom stereocenters. The highest BCUT2D eigenvalue weighted by atomic mass is 16.6. The second kappa shape index (κ2) is 5.55. The van der Waals surface area contributed by atoms with Crippen LogP contribution >= 0.6 is 0 Å². The number of imide groups is 1. The van der Waals surface area contributed by atoms with Crippen LogP contribution in [0.5, 0.6) is 0 Å². The maximum Gasteiger partial charge on any atom is 0.325 e. The van der Waals surface area contributed by atoms with Gasteiger partial charge in [0.1, 0.15) is 11.3 Å². The van der Waals surface area contributed by atoms with E-state index in [1.165, 1.54) is 38.1 Å². The summed E-state index contributed by atoms with van der Waals surface area (Å²) in [6.07, 6.45) is 0.0928. The van der Waals surface area contributed by atoms with Crippen molar-refractivity contribution in [2.24, 2.45) is 0 Å². The van der Waals surface area contributed by atoms with Crippen LogP contribution in [0, 0.1) is 10.1 Å². The summed E-state index contributed by atoms with van der Waals surface area (Å²) in [6.45, 7) is 2.93. The fraction of sp³-hybridized carbons (Fsp3) is 0.357. The van der Waals surface area contributed by atoms with Crippen LogP contribution in [-0.2, 0) is 15.1 Å². The average molecular weight is 305 g/mol. The van der Waals surface area contributed by atoms with E-state index in [1.807, 2.05) is 0 Å². The van der Waals surface area contributed by atoms with Gasteiger partial charge in [-0.05, 0) is 31.5 Å². The van der Waals surface area contributed by atoms with Gasteiger partial charge in [-0.3, -0.25) is 24.6 Å². The number of nitrogens with one attached hydrogen (secondary N) is 1. The Balaban J connectivity index is 2.26. The molecule has 1 fully saturated rings. The molecule has 0 aromatic heterocycles. The minimum Gasteiger partial charge on any atom is -0.319 e. The summed E-state index contributed by atoms with van der Waals surface area (Å²) in [5.74, 6) is -0.600. The summed E-state index contributed by atoms with van der Waals surface area (Å²) in [5.41, 5.74) is -0.942. The topological polar surface area (TPSA) is 110 Å². The molecule has 1 saturated heterocycles. The van der Waals surface area contributed by atoms with Crippen LogP contribution in [-0.4, -0.2) is 34.1 Å². The molecule has 0 bridgehead atoms. The molecule has 8 heteroatoms. The number of Topliss-reactive ketones (excluding diaryl/α,β-unsaturated/α-hetero) is 1. The molecule has 3 amide bonds. The summed E-state index contributed by atoms with van der Waals surface area (Å²) in [5, 5.41) is 13.2. The molecule has 1 heterocycles. The van der Waals surface area contributed by atoms with Crippen molar-refractivity contribution in [3.8, 4) is 0 Å². The summed E-state index contributed by atoms with van der Waals surface area (Å²) in [7, 11) is 0. The predicted octanol–water partition coefficient (Wildman–Crippen LogP) is 1.34. The van der Waals surface area contributed by atoms with E-state index in [2.05, 4.69) is 5.32 Å². The first-order valence-electron chi connectivity index (χ1n) is 6.64. The summed E-state index contributed by atoms with van der Waals surface area (Å²) in [6, 6.07) is 4.85. The number of carbonyl (C=O) groups is 3. The number of benzene rings is 1. The van der Waals surface area contributed by atoms with Crippen molar-refractivity contribution >= 4 is 23.4 Å². The lowest BCUT2D eigenvalue weighted by Crippen LogP contribution is -2.41. The normalized spacial score (nSPS) is 20.9. The Labute approximate surface area is 126 Å². The molecule has 116 valence electrons. The number of ketones is 1. The summed E-state index contributed by atoms with van der Waals surface area (Å²) in [4.78, 5) is 46.5. The Morgan fingerprint density at radius 1 is 1.32 bits per heavy atom. The monoisotopic (exact) mass is 305 g/mol. The Kier molecular flexibility index (Phi) is 3.94. The Morgan fingerprint density at radius 2 is 1.91 bits per heavy atom. The molecule has 22 heavy (non-hydrogen) atoms. The number of hydrogen-bond acceptors (Lipinski definition) is 5. The van der Waals surface area contributed by atoms with Crippen LogP contribution < -0.4 is 5.32 Å². The third kappa shape index (κ3) is 2.67.